The Hall–Kier alpha value is -3.17. The largest absolute Gasteiger partial charge is 0.494 e. The number of benzene rings is 1. The van der Waals surface area contributed by atoms with Crippen LogP contribution in [0.2, 0.25) is 0 Å². The van der Waals surface area contributed by atoms with Crippen LogP contribution in [0.1, 0.15) is 19.2 Å². The quantitative estimate of drug-likeness (QED) is 0.842. The van der Waals surface area contributed by atoms with E-state index in [1.807, 2.05) is 0 Å². The summed E-state index contributed by atoms with van der Waals surface area (Å²) in [5.74, 6) is 0.232. The third-order valence-electron chi connectivity index (χ3n) is 4.56. The summed E-state index contributed by atoms with van der Waals surface area (Å²) in [5, 5.41) is 23.5. The van der Waals surface area contributed by atoms with E-state index in [2.05, 4.69) is 20.8 Å². The SMILES string of the molecule is COc1ccc(NC(=O)N2CCC(C)(C(=O)O)C2)cc1-n1nnnc1C. The number of carbonyl (C=O) groups is 2. The average molecular weight is 360 g/mol. The Morgan fingerprint density at radius 2 is 2.15 bits per heavy atom. The molecule has 1 aliphatic rings. The number of ether oxygens (including phenoxy) is 1. The van der Waals surface area contributed by atoms with Gasteiger partial charge in [0, 0.05) is 18.8 Å². The molecule has 2 heterocycles. The summed E-state index contributed by atoms with van der Waals surface area (Å²) in [4.78, 5) is 25.3. The molecule has 1 unspecified atom stereocenters. The minimum atomic E-state index is -0.911. The molecule has 1 atom stereocenters. The molecule has 0 spiro atoms. The maximum atomic E-state index is 12.5. The van der Waals surface area contributed by atoms with E-state index in [9.17, 15) is 14.7 Å². The molecule has 1 aromatic heterocycles. The van der Waals surface area contributed by atoms with Gasteiger partial charge in [-0.05, 0) is 48.9 Å². The van der Waals surface area contributed by atoms with Crippen LogP contribution in [0.15, 0.2) is 18.2 Å². The lowest BCUT2D eigenvalue weighted by molar-refractivity contribution is -0.146. The zero-order chi connectivity index (χ0) is 18.9. The molecule has 26 heavy (non-hydrogen) atoms. The minimum Gasteiger partial charge on any atom is -0.494 e. The molecule has 1 aromatic carbocycles. The predicted octanol–water partition coefficient (Wildman–Crippen LogP) is 1.31. The molecule has 2 N–H and O–H groups in total. The minimum absolute atomic E-state index is 0.170. The molecule has 0 bridgehead atoms. The highest BCUT2D eigenvalue weighted by Crippen LogP contribution is 2.31. The summed E-state index contributed by atoms with van der Waals surface area (Å²) < 4.78 is 6.84. The maximum absolute atomic E-state index is 12.5. The van der Waals surface area contributed by atoms with Gasteiger partial charge >= 0.3 is 12.0 Å². The molecule has 0 saturated carbocycles. The van der Waals surface area contributed by atoms with Gasteiger partial charge < -0.3 is 20.1 Å². The highest BCUT2D eigenvalue weighted by molar-refractivity contribution is 5.91. The van der Waals surface area contributed by atoms with Gasteiger partial charge in [0.25, 0.3) is 0 Å². The molecule has 3 rings (SSSR count). The highest BCUT2D eigenvalue weighted by atomic mass is 16.5. The van der Waals surface area contributed by atoms with E-state index in [1.165, 1.54) is 16.7 Å². The number of likely N-dealkylation sites (tertiary alicyclic amines) is 1. The van der Waals surface area contributed by atoms with Crippen LogP contribution < -0.4 is 10.1 Å². The number of nitrogens with zero attached hydrogens (tertiary/aromatic N) is 5. The topological polar surface area (TPSA) is 122 Å². The summed E-state index contributed by atoms with van der Waals surface area (Å²) in [6.45, 7) is 3.96. The average Bonchev–Trinajstić information content (AvgIpc) is 3.21. The molecule has 2 amide bonds. The number of hydrogen-bond donors (Lipinski definition) is 2. The molecule has 138 valence electrons. The Morgan fingerprint density at radius 1 is 1.38 bits per heavy atom. The van der Waals surface area contributed by atoms with Crippen molar-refractivity contribution >= 4 is 17.7 Å². The number of carboxylic acid groups (broad SMARTS) is 1. The van der Waals surface area contributed by atoms with Crippen molar-refractivity contribution in [2.24, 2.45) is 5.41 Å². The van der Waals surface area contributed by atoms with E-state index < -0.39 is 11.4 Å². The van der Waals surface area contributed by atoms with Crippen molar-refractivity contribution in [3.05, 3.63) is 24.0 Å². The van der Waals surface area contributed by atoms with Gasteiger partial charge in [0.05, 0.1) is 12.5 Å². The molecular weight excluding hydrogens is 340 g/mol. The van der Waals surface area contributed by atoms with Crippen molar-refractivity contribution in [2.45, 2.75) is 20.3 Å². The monoisotopic (exact) mass is 360 g/mol. The molecule has 1 aliphatic heterocycles. The van der Waals surface area contributed by atoms with Gasteiger partial charge in [-0.25, -0.2) is 4.79 Å². The van der Waals surface area contributed by atoms with Crippen LogP contribution in [0.5, 0.6) is 5.75 Å². The normalized spacial score (nSPS) is 19.4. The Labute approximate surface area is 149 Å². The molecule has 1 saturated heterocycles. The highest BCUT2D eigenvalue weighted by Gasteiger charge is 2.42. The first-order valence-electron chi connectivity index (χ1n) is 8.07. The van der Waals surface area contributed by atoms with E-state index in [-0.39, 0.29) is 12.6 Å². The number of aliphatic carboxylic acids is 1. The fraction of sp³-hybridized carbons (Fsp3) is 0.438. The number of methoxy groups -OCH3 is 1. The Kier molecular flexibility index (Phi) is 4.49. The van der Waals surface area contributed by atoms with Crippen LogP contribution >= 0.6 is 0 Å². The number of urea groups is 1. The van der Waals surface area contributed by atoms with E-state index in [0.717, 1.165) is 0 Å². The zero-order valence-corrected chi connectivity index (χ0v) is 14.8. The molecule has 2 aromatic rings. The van der Waals surface area contributed by atoms with Crippen LogP contribution in [0.4, 0.5) is 10.5 Å². The number of amides is 2. The molecule has 10 nitrogen and oxygen atoms in total. The summed E-state index contributed by atoms with van der Waals surface area (Å²) in [6.07, 6.45) is 0.424. The van der Waals surface area contributed by atoms with Crippen molar-refractivity contribution in [2.75, 3.05) is 25.5 Å². The van der Waals surface area contributed by atoms with Crippen LogP contribution in [0, 0.1) is 12.3 Å². The van der Waals surface area contributed by atoms with Crippen molar-refractivity contribution in [1.29, 1.82) is 0 Å². The molecule has 10 heteroatoms. The van der Waals surface area contributed by atoms with E-state index in [4.69, 9.17) is 4.74 Å². The number of aryl methyl sites for hydroxylation is 1. The molecule has 0 radical (unpaired) electrons. The smallest absolute Gasteiger partial charge is 0.321 e. The van der Waals surface area contributed by atoms with Crippen molar-refractivity contribution in [3.8, 4) is 11.4 Å². The van der Waals surface area contributed by atoms with Crippen LogP contribution in [-0.2, 0) is 4.79 Å². The number of tetrazole rings is 1. The van der Waals surface area contributed by atoms with Crippen LogP contribution in [0.25, 0.3) is 5.69 Å². The number of hydrogen-bond acceptors (Lipinski definition) is 6. The number of aromatic nitrogens is 4. The summed E-state index contributed by atoms with van der Waals surface area (Å²) >= 11 is 0. The van der Waals surface area contributed by atoms with Gasteiger partial charge in [-0.3, -0.25) is 4.79 Å². The van der Waals surface area contributed by atoms with Crippen LogP contribution in [-0.4, -0.2) is 62.4 Å². The van der Waals surface area contributed by atoms with Gasteiger partial charge in [-0.2, -0.15) is 4.68 Å². The first-order valence-corrected chi connectivity index (χ1v) is 8.07. The molecule has 0 aliphatic carbocycles. The standard InChI is InChI=1S/C16H20N6O4/c1-10-18-19-20-22(10)12-8-11(4-5-13(12)26-3)17-15(25)21-7-6-16(2,9-21)14(23)24/h4-5,8H,6-7,9H2,1-3H3,(H,17,25)(H,23,24). The van der Waals surface area contributed by atoms with E-state index in [0.29, 0.717) is 35.9 Å². The van der Waals surface area contributed by atoms with Gasteiger partial charge in [0.2, 0.25) is 0 Å². The first kappa shape index (κ1) is 17.6. The summed E-state index contributed by atoms with van der Waals surface area (Å²) in [5.41, 5.74) is 0.209. The molecule has 1 fully saturated rings. The summed E-state index contributed by atoms with van der Waals surface area (Å²) in [6, 6.07) is 4.76. The van der Waals surface area contributed by atoms with Gasteiger partial charge in [0.15, 0.2) is 5.82 Å². The predicted molar refractivity (Wildman–Crippen MR) is 91.4 cm³/mol. The lowest BCUT2D eigenvalue weighted by atomic mass is 9.90. The Morgan fingerprint density at radius 3 is 2.73 bits per heavy atom. The second-order valence-electron chi connectivity index (χ2n) is 6.49. The number of carbonyl (C=O) groups excluding carboxylic acids is 1. The van der Waals surface area contributed by atoms with E-state index >= 15 is 0 Å². The van der Waals surface area contributed by atoms with Gasteiger partial charge in [0.1, 0.15) is 11.4 Å². The van der Waals surface area contributed by atoms with Crippen LogP contribution in [0.3, 0.4) is 0 Å². The molecular formula is C16H20N6O4. The lowest BCUT2D eigenvalue weighted by Crippen LogP contribution is -2.37. The zero-order valence-electron chi connectivity index (χ0n) is 14.8. The Bertz CT molecular complexity index is 851. The maximum Gasteiger partial charge on any atom is 0.321 e. The van der Waals surface area contributed by atoms with Crippen molar-refractivity contribution < 1.29 is 19.4 Å². The number of nitrogens with one attached hydrogen (secondary N) is 1. The fourth-order valence-electron chi connectivity index (χ4n) is 2.90. The first-order chi connectivity index (χ1) is 12.3. The fourth-order valence-corrected chi connectivity index (χ4v) is 2.90. The van der Waals surface area contributed by atoms with Gasteiger partial charge in [-0.1, -0.05) is 0 Å². The Balaban J connectivity index is 1.80. The number of carboxylic acids is 1. The lowest BCUT2D eigenvalue weighted by Gasteiger charge is -2.21. The number of anilines is 1. The summed E-state index contributed by atoms with van der Waals surface area (Å²) in [7, 11) is 1.54. The third kappa shape index (κ3) is 3.17. The second-order valence-corrected chi connectivity index (χ2v) is 6.49. The van der Waals surface area contributed by atoms with Gasteiger partial charge in [-0.15, -0.1) is 5.10 Å². The number of rotatable bonds is 4. The second kappa shape index (κ2) is 6.62. The third-order valence-corrected chi connectivity index (χ3v) is 4.56. The van der Waals surface area contributed by atoms with Crippen molar-refractivity contribution in [1.82, 2.24) is 25.1 Å². The van der Waals surface area contributed by atoms with E-state index in [1.54, 1.807) is 32.0 Å². The van der Waals surface area contributed by atoms with Crippen molar-refractivity contribution in [3.63, 3.8) is 0 Å².